The molecule has 1 atom stereocenters. The molecule has 1 amide bonds. The second-order valence-corrected chi connectivity index (χ2v) is 5.94. The van der Waals surface area contributed by atoms with Gasteiger partial charge in [0.25, 0.3) is 0 Å². The number of nitrogens with zero attached hydrogens (tertiary/aromatic N) is 1. The summed E-state index contributed by atoms with van der Waals surface area (Å²) in [4.78, 5) is 24.8. The maximum atomic E-state index is 12.2. The molecular weight excluding hydrogens is 242 g/mol. The summed E-state index contributed by atoms with van der Waals surface area (Å²) < 4.78 is 0. The molecule has 1 unspecified atom stereocenters. The number of carboxylic acids is 1. The molecule has 4 heteroatoms. The fourth-order valence-electron chi connectivity index (χ4n) is 2.49. The predicted octanol–water partition coefficient (Wildman–Crippen LogP) is 2.42. The smallest absolute Gasteiger partial charge is 0.316 e. The van der Waals surface area contributed by atoms with Crippen LogP contribution in [0, 0.1) is 5.92 Å². The molecule has 0 radical (unpaired) electrons. The number of carbonyl (C=O) groups excluding carboxylic acids is 1. The lowest BCUT2D eigenvalue weighted by Gasteiger charge is -2.27. The number of carbonyl (C=O) groups is 2. The van der Waals surface area contributed by atoms with E-state index < -0.39 is 11.9 Å². The molecule has 1 aromatic rings. The summed E-state index contributed by atoms with van der Waals surface area (Å²) in [5, 5.41) is 9.03. The van der Waals surface area contributed by atoms with Gasteiger partial charge in [-0.05, 0) is 23.5 Å². The van der Waals surface area contributed by atoms with Crippen LogP contribution in [0.4, 0.5) is 5.69 Å². The second kappa shape index (κ2) is 4.68. The number of anilines is 1. The highest BCUT2D eigenvalue weighted by molar-refractivity contribution is 6.08. The number of hydrogen-bond donors (Lipinski definition) is 1. The minimum Gasteiger partial charge on any atom is -0.481 e. The van der Waals surface area contributed by atoms with Crippen molar-refractivity contribution in [2.45, 2.75) is 32.6 Å². The lowest BCUT2D eigenvalue weighted by atomic mass is 9.85. The Balaban J connectivity index is 2.39. The number of benzene rings is 1. The molecular formula is C15H19NO3. The van der Waals surface area contributed by atoms with E-state index >= 15 is 0 Å². The first kappa shape index (κ1) is 13.6. The van der Waals surface area contributed by atoms with E-state index in [0.717, 1.165) is 11.3 Å². The van der Waals surface area contributed by atoms with Gasteiger partial charge in [-0.25, -0.2) is 0 Å². The van der Waals surface area contributed by atoms with Crippen LogP contribution in [0.2, 0.25) is 0 Å². The first-order chi connectivity index (χ1) is 8.82. The van der Waals surface area contributed by atoms with Gasteiger partial charge >= 0.3 is 5.97 Å². The highest BCUT2D eigenvalue weighted by Crippen LogP contribution is 2.35. The molecule has 0 spiro atoms. The monoisotopic (exact) mass is 261 g/mol. The van der Waals surface area contributed by atoms with Gasteiger partial charge in [-0.3, -0.25) is 9.59 Å². The van der Waals surface area contributed by atoms with E-state index in [1.807, 2.05) is 24.3 Å². The van der Waals surface area contributed by atoms with E-state index in [1.165, 1.54) is 0 Å². The Bertz CT molecular complexity index is 516. The van der Waals surface area contributed by atoms with Crippen LogP contribution in [-0.4, -0.2) is 23.5 Å². The highest BCUT2D eigenvalue weighted by atomic mass is 16.4. The first-order valence-electron chi connectivity index (χ1n) is 6.46. The van der Waals surface area contributed by atoms with Crippen LogP contribution in [-0.2, 0) is 15.0 Å². The summed E-state index contributed by atoms with van der Waals surface area (Å²) in [5.41, 5.74) is 1.82. The molecule has 1 aromatic carbocycles. The molecule has 0 saturated carbocycles. The molecule has 1 aliphatic rings. The Labute approximate surface area is 113 Å². The van der Waals surface area contributed by atoms with Crippen molar-refractivity contribution in [3.05, 3.63) is 29.8 Å². The van der Waals surface area contributed by atoms with Gasteiger partial charge < -0.3 is 10.0 Å². The topological polar surface area (TPSA) is 57.6 Å². The van der Waals surface area contributed by atoms with E-state index in [1.54, 1.807) is 4.90 Å². The lowest BCUT2D eigenvalue weighted by Crippen LogP contribution is -2.32. The minimum atomic E-state index is -1.03. The maximum absolute atomic E-state index is 12.2. The number of rotatable bonds is 2. The van der Waals surface area contributed by atoms with Crippen LogP contribution in [0.25, 0.3) is 0 Å². The van der Waals surface area contributed by atoms with Crippen LogP contribution in [0.15, 0.2) is 24.3 Å². The molecule has 1 N–H and O–H groups in total. The fourth-order valence-corrected chi connectivity index (χ4v) is 2.49. The minimum absolute atomic E-state index is 0.0851. The van der Waals surface area contributed by atoms with Gasteiger partial charge in [-0.15, -0.1) is 0 Å². The highest BCUT2D eigenvalue weighted by Gasteiger charge is 2.38. The van der Waals surface area contributed by atoms with Crippen molar-refractivity contribution in [1.29, 1.82) is 0 Å². The zero-order valence-electron chi connectivity index (χ0n) is 11.5. The molecule has 102 valence electrons. The SMILES string of the molecule is CC(C)(C)c1ccccc1N1CCC(C(=O)O)C1=O. The van der Waals surface area contributed by atoms with E-state index in [2.05, 4.69) is 20.8 Å². The first-order valence-corrected chi connectivity index (χ1v) is 6.46. The molecule has 1 saturated heterocycles. The number of carboxylic acid groups (broad SMARTS) is 1. The van der Waals surface area contributed by atoms with Crippen molar-refractivity contribution in [2.24, 2.45) is 5.92 Å². The Morgan fingerprint density at radius 1 is 1.32 bits per heavy atom. The number of amides is 1. The molecule has 1 heterocycles. The molecule has 0 aliphatic carbocycles. The van der Waals surface area contributed by atoms with Gasteiger partial charge in [0.15, 0.2) is 0 Å². The average molecular weight is 261 g/mol. The van der Waals surface area contributed by atoms with Crippen LogP contribution >= 0.6 is 0 Å². The van der Waals surface area contributed by atoms with E-state index in [-0.39, 0.29) is 11.3 Å². The van der Waals surface area contributed by atoms with Crippen LogP contribution in [0.3, 0.4) is 0 Å². The predicted molar refractivity (Wildman–Crippen MR) is 73.2 cm³/mol. The third-order valence-corrected chi connectivity index (χ3v) is 3.51. The van der Waals surface area contributed by atoms with Gasteiger partial charge in [-0.2, -0.15) is 0 Å². The van der Waals surface area contributed by atoms with Gasteiger partial charge in [0.05, 0.1) is 0 Å². The summed E-state index contributed by atoms with van der Waals surface area (Å²) in [7, 11) is 0. The average Bonchev–Trinajstić information content (AvgIpc) is 2.70. The molecule has 2 rings (SSSR count). The molecule has 19 heavy (non-hydrogen) atoms. The summed E-state index contributed by atoms with van der Waals surface area (Å²) in [6, 6.07) is 7.71. The van der Waals surface area contributed by atoms with Crippen molar-refractivity contribution in [1.82, 2.24) is 0 Å². The van der Waals surface area contributed by atoms with Crippen LogP contribution in [0.1, 0.15) is 32.8 Å². The van der Waals surface area contributed by atoms with E-state index in [0.29, 0.717) is 13.0 Å². The number of aliphatic carboxylic acids is 1. The number of hydrogen-bond acceptors (Lipinski definition) is 2. The van der Waals surface area contributed by atoms with Gasteiger partial charge in [0.1, 0.15) is 5.92 Å². The summed E-state index contributed by atoms with van der Waals surface area (Å²) in [6.45, 7) is 6.73. The van der Waals surface area contributed by atoms with Gasteiger partial charge in [0, 0.05) is 12.2 Å². The standard InChI is InChI=1S/C15H19NO3/c1-15(2,3)11-6-4-5-7-12(11)16-9-8-10(13(16)17)14(18)19/h4-7,10H,8-9H2,1-3H3,(H,18,19). The normalized spacial score (nSPS) is 19.8. The zero-order chi connectivity index (χ0) is 14.2. The quantitative estimate of drug-likeness (QED) is 0.832. The van der Waals surface area contributed by atoms with E-state index in [4.69, 9.17) is 5.11 Å². The van der Waals surface area contributed by atoms with Crippen molar-refractivity contribution in [2.75, 3.05) is 11.4 Å². The fraction of sp³-hybridized carbons (Fsp3) is 0.467. The van der Waals surface area contributed by atoms with Crippen molar-refractivity contribution in [3.63, 3.8) is 0 Å². The summed E-state index contributed by atoms with van der Waals surface area (Å²) >= 11 is 0. The Morgan fingerprint density at radius 2 is 1.95 bits per heavy atom. The Kier molecular flexibility index (Phi) is 3.35. The largest absolute Gasteiger partial charge is 0.481 e. The van der Waals surface area contributed by atoms with Crippen molar-refractivity contribution >= 4 is 17.6 Å². The number of para-hydroxylation sites is 1. The summed E-state index contributed by atoms with van der Waals surface area (Å²) in [5.74, 6) is -2.22. The van der Waals surface area contributed by atoms with E-state index in [9.17, 15) is 9.59 Å². The zero-order valence-corrected chi connectivity index (χ0v) is 11.5. The van der Waals surface area contributed by atoms with Crippen molar-refractivity contribution in [3.8, 4) is 0 Å². The van der Waals surface area contributed by atoms with Crippen molar-refractivity contribution < 1.29 is 14.7 Å². The van der Waals surface area contributed by atoms with Gasteiger partial charge in [-0.1, -0.05) is 39.0 Å². The molecule has 0 bridgehead atoms. The maximum Gasteiger partial charge on any atom is 0.316 e. The molecule has 1 fully saturated rings. The molecule has 0 aromatic heterocycles. The van der Waals surface area contributed by atoms with Crippen LogP contribution in [0.5, 0.6) is 0 Å². The second-order valence-electron chi connectivity index (χ2n) is 5.94. The third-order valence-electron chi connectivity index (χ3n) is 3.51. The third kappa shape index (κ3) is 2.48. The lowest BCUT2D eigenvalue weighted by molar-refractivity contribution is -0.144. The molecule has 1 aliphatic heterocycles. The molecule has 4 nitrogen and oxygen atoms in total. The Hall–Kier alpha value is -1.84. The van der Waals surface area contributed by atoms with Crippen LogP contribution < -0.4 is 4.90 Å². The Morgan fingerprint density at radius 3 is 2.47 bits per heavy atom. The summed E-state index contributed by atoms with van der Waals surface area (Å²) in [6.07, 6.45) is 0.382. The van der Waals surface area contributed by atoms with Gasteiger partial charge in [0.2, 0.25) is 5.91 Å².